The molecular weight excluding hydrogens is 252 g/mol. The van der Waals surface area contributed by atoms with E-state index in [2.05, 4.69) is 0 Å². The molecule has 0 saturated carbocycles. The third-order valence-corrected chi connectivity index (χ3v) is 4.86. The number of hydrogen-bond donors (Lipinski definition) is 1. The van der Waals surface area contributed by atoms with Gasteiger partial charge in [-0.2, -0.15) is 0 Å². The van der Waals surface area contributed by atoms with Crippen molar-refractivity contribution in [3.63, 3.8) is 0 Å². The molecule has 0 aliphatic heterocycles. The van der Waals surface area contributed by atoms with Crippen molar-refractivity contribution >= 4 is 15.7 Å². The van der Waals surface area contributed by atoms with Gasteiger partial charge in [0.25, 0.3) is 0 Å². The summed E-state index contributed by atoms with van der Waals surface area (Å²) in [5, 5.41) is 0. The second-order valence-electron chi connectivity index (χ2n) is 4.67. The van der Waals surface area contributed by atoms with E-state index in [0.29, 0.717) is 13.1 Å². The molecule has 0 aliphatic rings. The molecule has 0 fully saturated rings. The highest BCUT2D eigenvalue weighted by molar-refractivity contribution is 7.92. The number of carbonyl (C=O) groups excluding carboxylic acids is 1. The zero-order chi connectivity index (χ0) is 14.3. The lowest BCUT2D eigenvalue weighted by atomic mass is 10.0. The molecule has 108 valence electrons. The van der Waals surface area contributed by atoms with Crippen molar-refractivity contribution in [1.82, 2.24) is 4.90 Å². The summed E-state index contributed by atoms with van der Waals surface area (Å²) in [4.78, 5) is 13.3. The van der Waals surface area contributed by atoms with Crippen LogP contribution in [-0.4, -0.2) is 49.9 Å². The van der Waals surface area contributed by atoms with Gasteiger partial charge in [-0.3, -0.25) is 4.79 Å². The van der Waals surface area contributed by atoms with Gasteiger partial charge in [0.1, 0.15) is 5.75 Å². The second kappa shape index (κ2) is 7.74. The average molecular weight is 278 g/mol. The van der Waals surface area contributed by atoms with Gasteiger partial charge in [0, 0.05) is 19.1 Å². The van der Waals surface area contributed by atoms with Crippen LogP contribution in [0.2, 0.25) is 0 Å². The summed E-state index contributed by atoms with van der Waals surface area (Å²) in [5.41, 5.74) is 5.83. The van der Waals surface area contributed by atoms with Gasteiger partial charge in [0.15, 0.2) is 9.84 Å². The first kappa shape index (κ1) is 17.4. The summed E-state index contributed by atoms with van der Waals surface area (Å²) in [6.07, 6.45) is 0.834. The number of hydrogen-bond acceptors (Lipinski definition) is 4. The van der Waals surface area contributed by atoms with Crippen molar-refractivity contribution in [2.45, 2.75) is 40.2 Å². The van der Waals surface area contributed by atoms with E-state index in [1.54, 1.807) is 0 Å². The number of nitrogens with two attached hydrogens (primary N) is 1. The van der Waals surface area contributed by atoms with Gasteiger partial charge in [-0.25, -0.2) is 8.42 Å². The first-order chi connectivity index (χ1) is 8.27. The van der Waals surface area contributed by atoms with Gasteiger partial charge in [-0.1, -0.05) is 20.3 Å². The smallest absolute Gasteiger partial charge is 0.237 e. The molecule has 2 unspecified atom stereocenters. The molecule has 2 N–H and O–H groups in total. The number of carbonyl (C=O) groups is 1. The molecule has 0 aliphatic carbocycles. The van der Waals surface area contributed by atoms with Gasteiger partial charge < -0.3 is 10.6 Å². The van der Waals surface area contributed by atoms with Crippen LogP contribution in [-0.2, 0) is 14.6 Å². The predicted molar refractivity (Wildman–Crippen MR) is 74.0 cm³/mol. The Morgan fingerprint density at radius 3 is 2.11 bits per heavy atom. The lowest BCUT2D eigenvalue weighted by molar-refractivity contribution is -0.128. The molecule has 0 heterocycles. The van der Waals surface area contributed by atoms with Gasteiger partial charge in [0.05, 0.1) is 5.75 Å². The minimum Gasteiger partial charge on any atom is -0.342 e. The van der Waals surface area contributed by atoms with E-state index in [1.165, 1.54) is 4.90 Å². The Bertz CT molecular complexity index is 350. The van der Waals surface area contributed by atoms with Crippen LogP contribution < -0.4 is 5.73 Å². The second-order valence-corrected chi connectivity index (χ2v) is 6.78. The van der Waals surface area contributed by atoms with Crippen LogP contribution in [0, 0.1) is 5.92 Å². The first-order valence-electron chi connectivity index (χ1n) is 6.51. The average Bonchev–Trinajstić information content (AvgIpc) is 2.27. The molecule has 0 aromatic rings. The molecule has 0 spiro atoms. The van der Waals surface area contributed by atoms with E-state index < -0.39 is 21.6 Å². The van der Waals surface area contributed by atoms with E-state index in [0.717, 1.165) is 6.42 Å². The standard InChI is InChI=1S/C12H26N2O3S/c1-5-10(4)11(13)8-18(16,17)9-12(15)14(6-2)7-3/h10-11H,5-9,13H2,1-4H3. The van der Waals surface area contributed by atoms with Crippen molar-refractivity contribution < 1.29 is 13.2 Å². The van der Waals surface area contributed by atoms with Crippen LogP contribution in [0.1, 0.15) is 34.1 Å². The van der Waals surface area contributed by atoms with E-state index in [4.69, 9.17) is 5.73 Å². The normalized spacial score (nSPS) is 15.2. The molecule has 6 heteroatoms. The summed E-state index contributed by atoms with van der Waals surface area (Å²) in [7, 11) is -3.42. The SMILES string of the molecule is CCC(C)C(N)CS(=O)(=O)CC(=O)N(CC)CC. The van der Waals surface area contributed by atoms with Crippen LogP contribution >= 0.6 is 0 Å². The molecule has 1 amide bonds. The van der Waals surface area contributed by atoms with E-state index in [-0.39, 0.29) is 17.6 Å². The lowest BCUT2D eigenvalue weighted by Gasteiger charge is -2.21. The Kier molecular flexibility index (Phi) is 7.47. The van der Waals surface area contributed by atoms with Crippen LogP contribution in [0.25, 0.3) is 0 Å². The van der Waals surface area contributed by atoms with Crippen LogP contribution in [0.15, 0.2) is 0 Å². The molecule has 2 atom stereocenters. The fourth-order valence-electron chi connectivity index (χ4n) is 1.67. The van der Waals surface area contributed by atoms with Gasteiger partial charge in [-0.05, 0) is 19.8 Å². The Morgan fingerprint density at radius 1 is 1.22 bits per heavy atom. The fraction of sp³-hybridized carbons (Fsp3) is 0.917. The molecule has 0 aromatic carbocycles. The zero-order valence-electron chi connectivity index (χ0n) is 11.8. The molecule has 0 radical (unpaired) electrons. The van der Waals surface area contributed by atoms with Crippen molar-refractivity contribution in [3.8, 4) is 0 Å². The maximum Gasteiger partial charge on any atom is 0.237 e. The van der Waals surface area contributed by atoms with Gasteiger partial charge in [0.2, 0.25) is 5.91 Å². The summed E-state index contributed by atoms with van der Waals surface area (Å²) in [5.74, 6) is -0.743. The molecule has 0 bridgehead atoms. The Labute approximate surface area is 111 Å². The van der Waals surface area contributed by atoms with Crippen molar-refractivity contribution in [2.24, 2.45) is 11.7 Å². The number of nitrogens with zero attached hydrogens (tertiary/aromatic N) is 1. The monoisotopic (exact) mass is 278 g/mol. The van der Waals surface area contributed by atoms with Crippen LogP contribution in [0.4, 0.5) is 0 Å². The topological polar surface area (TPSA) is 80.5 Å². The summed E-state index contributed by atoms with van der Waals surface area (Å²) >= 11 is 0. The quantitative estimate of drug-likeness (QED) is 0.706. The summed E-state index contributed by atoms with van der Waals surface area (Å²) in [6.45, 7) is 8.62. The Hall–Kier alpha value is -0.620. The highest BCUT2D eigenvalue weighted by Gasteiger charge is 2.24. The van der Waals surface area contributed by atoms with Crippen molar-refractivity contribution in [3.05, 3.63) is 0 Å². The van der Waals surface area contributed by atoms with E-state index >= 15 is 0 Å². The molecular formula is C12H26N2O3S. The number of sulfone groups is 1. The van der Waals surface area contributed by atoms with Gasteiger partial charge in [-0.15, -0.1) is 0 Å². The number of rotatable bonds is 8. The zero-order valence-corrected chi connectivity index (χ0v) is 12.7. The van der Waals surface area contributed by atoms with Crippen molar-refractivity contribution in [2.75, 3.05) is 24.6 Å². The highest BCUT2D eigenvalue weighted by atomic mass is 32.2. The maximum absolute atomic E-state index is 11.9. The first-order valence-corrected chi connectivity index (χ1v) is 8.33. The molecule has 5 nitrogen and oxygen atoms in total. The van der Waals surface area contributed by atoms with E-state index in [1.807, 2.05) is 27.7 Å². The number of amides is 1. The maximum atomic E-state index is 11.9. The molecule has 0 aromatic heterocycles. The van der Waals surface area contributed by atoms with E-state index in [9.17, 15) is 13.2 Å². The highest BCUT2D eigenvalue weighted by Crippen LogP contribution is 2.08. The summed E-state index contributed by atoms with van der Waals surface area (Å²) in [6, 6.07) is -0.399. The Balaban J connectivity index is 4.53. The third-order valence-electron chi connectivity index (χ3n) is 3.28. The van der Waals surface area contributed by atoms with Crippen LogP contribution in [0.5, 0.6) is 0 Å². The molecule has 0 saturated heterocycles. The largest absolute Gasteiger partial charge is 0.342 e. The summed E-state index contributed by atoms with van der Waals surface area (Å²) < 4.78 is 23.8. The van der Waals surface area contributed by atoms with Gasteiger partial charge >= 0.3 is 0 Å². The lowest BCUT2D eigenvalue weighted by Crippen LogP contribution is -2.40. The fourth-order valence-corrected chi connectivity index (χ4v) is 3.27. The third kappa shape index (κ3) is 5.82. The minimum absolute atomic E-state index is 0.116. The minimum atomic E-state index is -3.42. The molecule has 18 heavy (non-hydrogen) atoms. The molecule has 0 rings (SSSR count). The van der Waals surface area contributed by atoms with Crippen molar-refractivity contribution in [1.29, 1.82) is 0 Å². The Morgan fingerprint density at radius 2 is 1.72 bits per heavy atom. The van der Waals surface area contributed by atoms with Crippen LogP contribution in [0.3, 0.4) is 0 Å². The predicted octanol–water partition coefficient (Wildman–Crippen LogP) is 0.643.